The molecule has 0 amide bonds. The Morgan fingerprint density at radius 2 is 1.92 bits per heavy atom. The van der Waals surface area contributed by atoms with Crippen molar-refractivity contribution in [2.75, 3.05) is 13.2 Å². The Morgan fingerprint density at radius 1 is 1.12 bits per heavy atom. The Hall–Kier alpha value is -2.95. The van der Waals surface area contributed by atoms with E-state index in [1.807, 2.05) is 30.5 Å². The standard InChI is InChI=1S/C21H17N3O/c1-23-18-4-2-3-15(11-18)16-5-6-17-13-21(7-9-25-10-8-21)20(24-14-22)19(17)12-16/h2-6,11-12H,7-10,13H2/b24-20-. The lowest BCUT2D eigenvalue weighted by atomic mass is 9.76. The summed E-state index contributed by atoms with van der Waals surface area (Å²) in [6, 6.07) is 14.0. The van der Waals surface area contributed by atoms with E-state index in [1.165, 1.54) is 5.56 Å². The molecule has 4 heteroatoms. The second-order valence-corrected chi connectivity index (χ2v) is 6.66. The fourth-order valence-corrected chi connectivity index (χ4v) is 4.02. The Labute approximate surface area is 147 Å². The number of benzene rings is 2. The van der Waals surface area contributed by atoms with Crippen LogP contribution in [0.25, 0.3) is 16.0 Å². The summed E-state index contributed by atoms with van der Waals surface area (Å²) in [6.45, 7) is 8.64. The molecule has 1 spiro atoms. The molecule has 0 bridgehead atoms. The van der Waals surface area contributed by atoms with Gasteiger partial charge in [-0.1, -0.05) is 30.3 Å². The normalized spacial score (nSPS) is 19.4. The summed E-state index contributed by atoms with van der Waals surface area (Å²) in [4.78, 5) is 7.74. The predicted molar refractivity (Wildman–Crippen MR) is 96.5 cm³/mol. The lowest BCUT2D eigenvalue weighted by Crippen LogP contribution is -2.35. The van der Waals surface area contributed by atoms with Crippen LogP contribution in [-0.2, 0) is 11.2 Å². The summed E-state index contributed by atoms with van der Waals surface area (Å²) in [7, 11) is 0. The maximum Gasteiger partial charge on any atom is 0.205 e. The average Bonchev–Trinajstić information content (AvgIpc) is 2.95. The van der Waals surface area contributed by atoms with Gasteiger partial charge in [0.1, 0.15) is 0 Å². The minimum absolute atomic E-state index is 0.0622. The van der Waals surface area contributed by atoms with E-state index in [9.17, 15) is 5.26 Å². The van der Waals surface area contributed by atoms with Gasteiger partial charge in [-0.2, -0.15) is 10.3 Å². The van der Waals surface area contributed by atoms with E-state index >= 15 is 0 Å². The SMILES string of the molecule is [C-]#[N+]c1cccc(-c2ccc3c(c2)/C(=N/C#N)C2(CCOCC2)C3)c1. The van der Waals surface area contributed by atoms with Gasteiger partial charge >= 0.3 is 0 Å². The van der Waals surface area contributed by atoms with Crippen molar-refractivity contribution >= 4 is 11.4 Å². The second kappa shape index (κ2) is 6.16. The van der Waals surface area contributed by atoms with Crippen molar-refractivity contribution in [1.82, 2.24) is 0 Å². The van der Waals surface area contributed by atoms with Gasteiger partial charge < -0.3 is 4.74 Å². The van der Waals surface area contributed by atoms with Crippen LogP contribution in [0, 0.1) is 23.4 Å². The maximum atomic E-state index is 9.22. The molecule has 2 aliphatic rings. The number of hydrogen-bond donors (Lipinski definition) is 0. The van der Waals surface area contributed by atoms with Crippen molar-refractivity contribution in [2.24, 2.45) is 10.4 Å². The van der Waals surface area contributed by atoms with Crippen LogP contribution >= 0.6 is 0 Å². The Bertz CT molecular complexity index is 940. The number of fused-ring (bicyclic) bond motifs is 1. The highest BCUT2D eigenvalue weighted by atomic mass is 16.5. The fourth-order valence-electron chi connectivity index (χ4n) is 4.02. The van der Waals surface area contributed by atoms with Gasteiger partial charge in [0.25, 0.3) is 0 Å². The highest BCUT2D eigenvalue weighted by Gasteiger charge is 2.44. The maximum absolute atomic E-state index is 9.22. The molecule has 1 aliphatic carbocycles. The first-order valence-corrected chi connectivity index (χ1v) is 8.42. The fraction of sp³-hybridized carbons (Fsp3) is 0.286. The van der Waals surface area contributed by atoms with Gasteiger partial charge in [-0.15, -0.1) is 0 Å². The minimum atomic E-state index is -0.0622. The lowest BCUT2D eigenvalue weighted by molar-refractivity contribution is 0.0477. The molecular weight excluding hydrogens is 310 g/mol. The molecule has 1 aliphatic heterocycles. The highest BCUT2D eigenvalue weighted by Crippen LogP contribution is 2.45. The first kappa shape index (κ1) is 15.6. The zero-order valence-corrected chi connectivity index (χ0v) is 13.8. The summed E-state index contributed by atoms with van der Waals surface area (Å²) >= 11 is 0. The Balaban J connectivity index is 1.80. The average molecular weight is 327 g/mol. The smallest absolute Gasteiger partial charge is 0.205 e. The molecule has 1 saturated heterocycles. The van der Waals surface area contributed by atoms with Crippen molar-refractivity contribution in [3.05, 3.63) is 65.0 Å². The van der Waals surface area contributed by atoms with Crippen LogP contribution in [0.15, 0.2) is 47.5 Å². The summed E-state index contributed by atoms with van der Waals surface area (Å²) in [5, 5.41) is 9.22. The van der Waals surface area contributed by atoms with Crippen molar-refractivity contribution in [2.45, 2.75) is 19.3 Å². The number of nitrogens with zero attached hydrogens (tertiary/aromatic N) is 3. The largest absolute Gasteiger partial charge is 0.381 e. The Kier molecular flexibility index (Phi) is 3.84. The monoisotopic (exact) mass is 327 g/mol. The van der Waals surface area contributed by atoms with E-state index in [4.69, 9.17) is 11.3 Å². The quantitative estimate of drug-likeness (QED) is 0.571. The van der Waals surface area contributed by atoms with E-state index in [-0.39, 0.29) is 5.41 Å². The number of hydrogen-bond acceptors (Lipinski definition) is 3. The van der Waals surface area contributed by atoms with E-state index in [0.717, 1.165) is 54.9 Å². The van der Waals surface area contributed by atoms with Crippen LogP contribution in [0.1, 0.15) is 24.0 Å². The molecule has 4 rings (SSSR count). The molecule has 1 heterocycles. The first-order chi connectivity index (χ1) is 12.3. The van der Waals surface area contributed by atoms with Gasteiger partial charge in [0.15, 0.2) is 5.69 Å². The third-order valence-electron chi connectivity index (χ3n) is 5.32. The molecule has 2 aromatic rings. The van der Waals surface area contributed by atoms with Crippen LogP contribution in [0.4, 0.5) is 5.69 Å². The van der Waals surface area contributed by atoms with E-state index < -0.39 is 0 Å². The van der Waals surface area contributed by atoms with Crippen LogP contribution in [0.5, 0.6) is 0 Å². The van der Waals surface area contributed by atoms with E-state index in [2.05, 4.69) is 28.0 Å². The number of aliphatic imine (C=N–C) groups is 1. The van der Waals surface area contributed by atoms with Gasteiger partial charge in [0.2, 0.25) is 6.19 Å². The molecule has 0 N–H and O–H groups in total. The summed E-state index contributed by atoms with van der Waals surface area (Å²) in [5.74, 6) is 0. The summed E-state index contributed by atoms with van der Waals surface area (Å²) in [5.41, 5.74) is 5.88. The molecule has 2 aromatic carbocycles. The highest BCUT2D eigenvalue weighted by molar-refractivity contribution is 6.10. The summed E-state index contributed by atoms with van der Waals surface area (Å²) in [6.07, 6.45) is 4.75. The number of nitriles is 1. The van der Waals surface area contributed by atoms with Crippen molar-refractivity contribution in [3.8, 4) is 17.3 Å². The third-order valence-corrected chi connectivity index (χ3v) is 5.32. The van der Waals surface area contributed by atoms with Gasteiger partial charge in [-0.3, -0.25) is 0 Å². The topological polar surface area (TPSA) is 49.7 Å². The molecule has 0 atom stereocenters. The minimum Gasteiger partial charge on any atom is -0.381 e. The third kappa shape index (κ3) is 2.61. The Morgan fingerprint density at radius 3 is 2.68 bits per heavy atom. The number of rotatable bonds is 1. The number of ether oxygens (including phenoxy) is 1. The molecule has 4 nitrogen and oxygen atoms in total. The molecule has 122 valence electrons. The van der Waals surface area contributed by atoms with Gasteiger partial charge in [-0.25, -0.2) is 4.85 Å². The van der Waals surface area contributed by atoms with E-state index in [0.29, 0.717) is 5.69 Å². The molecular formula is C21H17N3O. The molecule has 0 saturated carbocycles. The van der Waals surface area contributed by atoms with Gasteiger partial charge in [0.05, 0.1) is 12.3 Å². The van der Waals surface area contributed by atoms with Crippen molar-refractivity contribution in [1.29, 1.82) is 5.26 Å². The zero-order chi connectivity index (χ0) is 17.3. The lowest BCUT2D eigenvalue weighted by Gasteiger charge is -2.33. The van der Waals surface area contributed by atoms with Crippen molar-refractivity contribution in [3.63, 3.8) is 0 Å². The van der Waals surface area contributed by atoms with Crippen molar-refractivity contribution < 1.29 is 4.74 Å². The molecule has 1 fully saturated rings. The summed E-state index contributed by atoms with van der Waals surface area (Å²) < 4.78 is 5.53. The second-order valence-electron chi connectivity index (χ2n) is 6.66. The van der Waals surface area contributed by atoms with Crippen LogP contribution < -0.4 is 0 Å². The zero-order valence-electron chi connectivity index (χ0n) is 13.8. The van der Waals surface area contributed by atoms with E-state index in [1.54, 1.807) is 0 Å². The first-order valence-electron chi connectivity index (χ1n) is 8.42. The van der Waals surface area contributed by atoms with Crippen LogP contribution in [0.2, 0.25) is 0 Å². The molecule has 0 aromatic heterocycles. The van der Waals surface area contributed by atoms with Gasteiger partial charge in [0, 0.05) is 24.2 Å². The van der Waals surface area contributed by atoms with Crippen LogP contribution in [-0.4, -0.2) is 18.9 Å². The van der Waals surface area contributed by atoms with Gasteiger partial charge in [-0.05, 0) is 48.1 Å². The predicted octanol–water partition coefficient (Wildman–Crippen LogP) is 4.53. The molecule has 25 heavy (non-hydrogen) atoms. The molecule has 0 radical (unpaired) electrons. The molecule has 0 unspecified atom stereocenters. The van der Waals surface area contributed by atoms with Crippen LogP contribution in [0.3, 0.4) is 0 Å².